The van der Waals surface area contributed by atoms with Crippen LogP contribution in [0.4, 0.5) is 20.4 Å². The van der Waals surface area contributed by atoms with E-state index in [4.69, 9.17) is 58.6 Å². The van der Waals surface area contributed by atoms with Crippen molar-refractivity contribution in [1.29, 1.82) is 5.26 Å². The van der Waals surface area contributed by atoms with Crippen LogP contribution in [0.25, 0.3) is 5.57 Å². The predicted octanol–water partition coefficient (Wildman–Crippen LogP) is 12.5. The van der Waals surface area contributed by atoms with Crippen LogP contribution in [0.5, 0.6) is 23.3 Å². The van der Waals surface area contributed by atoms with Crippen LogP contribution in [0.3, 0.4) is 0 Å². The first kappa shape index (κ1) is 54.6. The zero-order valence-electron chi connectivity index (χ0n) is 40.2. The molecule has 3 aromatic heterocycles. The van der Waals surface area contributed by atoms with Gasteiger partial charge in [-0.05, 0) is 87.2 Å². The van der Waals surface area contributed by atoms with Gasteiger partial charge < -0.3 is 24.3 Å². The first-order chi connectivity index (χ1) is 35.1. The van der Waals surface area contributed by atoms with Crippen molar-refractivity contribution in [3.63, 3.8) is 0 Å². The molecule has 16 nitrogen and oxygen atoms in total. The number of halogens is 5. The van der Waals surface area contributed by atoms with Crippen LogP contribution in [0.1, 0.15) is 76.2 Å². The van der Waals surface area contributed by atoms with E-state index in [9.17, 15) is 23.6 Å². The number of amides is 1. The minimum atomic E-state index is -2.88. The molecule has 4 aromatic carbocycles. The van der Waals surface area contributed by atoms with Gasteiger partial charge >= 0.3 is 5.97 Å². The SMILES string of the molecule is CO/C=C(/C(=O)OC)c1ccccc1Oc1cc(Oc2ccccc2C#N)ncn1.CON(C(=O)c1cn(C)nc1C(F)F)C(C)Cc1c(Cl)cc(Cl)cc1Cl.Cc1cc(C2CC2)nc(Nc2ccccc2)n1. The van der Waals surface area contributed by atoms with E-state index in [1.54, 1.807) is 55.5 Å². The molecule has 8 rings (SSSR count). The number of carbonyl (C=O) groups is 2. The highest BCUT2D eigenvalue weighted by molar-refractivity contribution is 6.39. The van der Waals surface area contributed by atoms with Crippen LogP contribution >= 0.6 is 34.8 Å². The third kappa shape index (κ3) is 15.2. The number of hydroxylamine groups is 2. The quantitative estimate of drug-likeness (QED) is 0.0416. The number of benzene rings is 4. The number of hydrogen-bond donors (Lipinski definition) is 1. The average Bonchev–Trinajstić information content (AvgIpc) is 4.15. The highest BCUT2D eigenvalue weighted by Gasteiger charge is 2.30. The van der Waals surface area contributed by atoms with Crippen molar-refractivity contribution in [2.24, 2.45) is 7.05 Å². The number of methoxy groups -OCH3 is 2. The molecule has 1 amide bonds. The fourth-order valence-electron chi connectivity index (χ4n) is 6.98. The second kappa shape index (κ2) is 26.1. The van der Waals surface area contributed by atoms with Gasteiger partial charge in [-0.1, -0.05) is 83.3 Å². The molecule has 7 aromatic rings. The van der Waals surface area contributed by atoms with Gasteiger partial charge in [-0.3, -0.25) is 14.3 Å². The number of aromatic nitrogens is 6. The normalized spacial score (nSPS) is 12.2. The number of rotatable bonds is 16. The molecule has 0 bridgehead atoms. The Balaban J connectivity index is 0.000000185. The molecule has 3 heterocycles. The third-order valence-electron chi connectivity index (χ3n) is 10.5. The zero-order valence-corrected chi connectivity index (χ0v) is 42.5. The molecule has 1 aliphatic rings. The van der Waals surface area contributed by atoms with Crippen LogP contribution in [0.2, 0.25) is 15.1 Å². The minimum absolute atomic E-state index is 0.184. The van der Waals surface area contributed by atoms with Crippen molar-refractivity contribution in [2.75, 3.05) is 26.6 Å². The summed E-state index contributed by atoms with van der Waals surface area (Å²) in [5.74, 6) is 1.15. The van der Waals surface area contributed by atoms with Gasteiger partial charge in [0.15, 0.2) is 0 Å². The van der Waals surface area contributed by atoms with E-state index in [1.165, 1.54) is 83.9 Å². The van der Waals surface area contributed by atoms with Crippen LogP contribution in [-0.4, -0.2) is 74.0 Å². The van der Waals surface area contributed by atoms with Crippen LogP contribution in [0, 0.1) is 18.3 Å². The molecular weight excluding hydrogens is 1010 g/mol. The number of anilines is 2. The van der Waals surface area contributed by atoms with Crippen molar-refractivity contribution in [3.8, 4) is 29.3 Å². The number of nitrogens with zero attached hydrogens (tertiary/aromatic N) is 8. The molecule has 1 unspecified atom stereocenters. The summed E-state index contributed by atoms with van der Waals surface area (Å²) in [4.78, 5) is 47.1. The molecular formula is C52H48Cl3F2N9O7. The maximum absolute atomic E-state index is 13.1. The van der Waals surface area contributed by atoms with E-state index in [2.05, 4.69) is 42.5 Å². The average molecular weight is 1060 g/mol. The van der Waals surface area contributed by atoms with Crippen molar-refractivity contribution in [3.05, 3.63) is 176 Å². The number of nitriles is 1. The number of para-hydroxylation sites is 3. The van der Waals surface area contributed by atoms with Gasteiger partial charge in [0.2, 0.25) is 17.7 Å². The van der Waals surface area contributed by atoms with E-state index >= 15 is 0 Å². The summed E-state index contributed by atoms with van der Waals surface area (Å²) in [7, 11) is 5.44. The van der Waals surface area contributed by atoms with Crippen molar-refractivity contribution in [2.45, 2.75) is 51.5 Å². The Kier molecular flexibility index (Phi) is 19.6. The second-order valence-electron chi connectivity index (χ2n) is 15.9. The third-order valence-corrected chi connectivity index (χ3v) is 11.4. The molecule has 1 atom stereocenters. The van der Waals surface area contributed by atoms with Gasteiger partial charge in [0, 0.05) is 56.9 Å². The Morgan fingerprint density at radius 1 is 0.877 bits per heavy atom. The van der Waals surface area contributed by atoms with E-state index in [-0.39, 0.29) is 29.3 Å². The largest absolute Gasteiger partial charge is 0.503 e. The molecule has 1 saturated carbocycles. The standard InChI is InChI=1S/C22H17N3O5.C16H16Cl3F2N3O2.C14H15N3/c1-27-13-17(22(26)28-2)16-8-4-6-10-19(16)30-21-11-20(24-14-25-21)29-18-9-5-3-7-15(18)12-23;1-8(4-10-12(18)5-9(17)6-13(10)19)24(26-3)16(25)11-7-23(2)22-14(11)15(20)21;1-10-9-13(11-7-8-11)17-14(15-10)16-12-5-3-2-4-6-12/h3-11,13-14H,1-2H3;5-8,15H,4H2,1-3H3;2-6,9,11H,7-8H2,1H3,(H,15,16,17)/b17-13+;;. The summed E-state index contributed by atoms with van der Waals surface area (Å²) in [6.07, 6.45) is 3.66. The molecule has 0 aliphatic heterocycles. The van der Waals surface area contributed by atoms with Crippen LogP contribution < -0.4 is 14.8 Å². The lowest BCUT2D eigenvalue weighted by molar-refractivity contribution is -0.133. The Labute approximate surface area is 435 Å². The van der Waals surface area contributed by atoms with Gasteiger partial charge in [-0.15, -0.1) is 0 Å². The van der Waals surface area contributed by atoms with E-state index in [0.717, 1.165) is 21.1 Å². The zero-order chi connectivity index (χ0) is 52.6. The summed E-state index contributed by atoms with van der Waals surface area (Å²) in [6, 6.07) is 31.8. The number of ether oxygens (including phenoxy) is 4. The Hall–Kier alpha value is -7.69. The Morgan fingerprint density at radius 3 is 2.12 bits per heavy atom. The van der Waals surface area contributed by atoms with E-state index < -0.39 is 30.0 Å². The highest BCUT2D eigenvalue weighted by Crippen LogP contribution is 2.39. The summed E-state index contributed by atoms with van der Waals surface area (Å²) >= 11 is 18.2. The smallest absolute Gasteiger partial charge is 0.341 e. The van der Waals surface area contributed by atoms with Gasteiger partial charge in [0.1, 0.15) is 35.2 Å². The molecule has 1 aliphatic carbocycles. The monoisotopic (exact) mass is 1050 g/mol. The van der Waals surface area contributed by atoms with Gasteiger partial charge in [-0.2, -0.15) is 10.4 Å². The lowest BCUT2D eigenvalue weighted by atomic mass is 10.1. The summed E-state index contributed by atoms with van der Waals surface area (Å²) in [6.45, 7) is 3.70. The molecule has 0 spiro atoms. The molecule has 1 fully saturated rings. The molecule has 0 saturated heterocycles. The Morgan fingerprint density at radius 2 is 1.51 bits per heavy atom. The highest BCUT2D eigenvalue weighted by atomic mass is 35.5. The summed E-state index contributed by atoms with van der Waals surface area (Å²) in [5.41, 5.74) is 3.98. The van der Waals surface area contributed by atoms with Crippen LogP contribution in [-0.2, 0) is 32.6 Å². The number of alkyl halides is 2. The van der Waals surface area contributed by atoms with E-state index in [1.807, 2.05) is 37.3 Å². The minimum Gasteiger partial charge on any atom is -0.503 e. The molecule has 378 valence electrons. The number of hydrogen-bond acceptors (Lipinski definition) is 14. The topological polar surface area (TPSA) is 189 Å². The van der Waals surface area contributed by atoms with Gasteiger partial charge in [0.25, 0.3) is 12.3 Å². The summed E-state index contributed by atoms with van der Waals surface area (Å²) < 4.78 is 48.8. The fourth-order valence-corrected chi connectivity index (χ4v) is 7.95. The molecule has 1 N–H and O–H groups in total. The second-order valence-corrected chi connectivity index (χ2v) is 17.2. The first-order valence-electron chi connectivity index (χ1n) is 22.2. The van der Waals surface area contributed by atoms with Crippen molar-refractivity contribution < 1.29 is 42.2 Å². The van der Waals surface area contributed by atoms with Crippen molar-refractivity contribution >= 4 is 63.9 Å². The first-order valence-corrected chi connectivity index (χ1v) is 23.3. The van der Waals surface area contributed by atoms with Gasteiger partial charge in [-0.25, -0.2) is 38.6 Å². The predicted molar refractivity (Wildman–Crippen MR) is 271 cm³/mol. The molecule has 73 heavy (non-hydrogen) atoms. The van der Waals surface area contributed by atoms with E-state index in [0.29, 0.717) is 55.1 Å². The fraction of sp³-hybridized carbons (Fsp3) is 0.231. The molecule has 0 radical (unpaired) electrons. The van der Waals surface area contributed by atoms with Gasteiger partial charge in [0.05, 0.1) is 50.8 Å². The Bertz CT molecular complexity index is 3080. The number of aryl methyl sites for hydroxylation is 2. The van der Waals surface area contributed by atoms with Crippen molar-refractivity contribution in [1.82, 2.24) is 34.8 Å². The number of esters is 1. The summed E-state index contributed by atoms with van der Waals surface area (Å²) in [5, 5.41) is 18.1. The maximum Gasteiger partial charge on any atom is 0.341 e. The lowest BCUT2D eigenvalue weighted by Crippen LogP contribution is -2.39. The molecule has 21 heteroatoms. The maximum atomic E-state index is 13.1. The number of nitrogens with one attached hydrogen (secondary N) is 1. The lowest BCUT2D eigenvalue weighted by Gasteiger charge is -2.27. The van der Waals surface area contributed by atoms with Crippen LogP contribution in [0.15, 0.2) is 122 Å². The number of carbonyl (C=O) groups excluding carboxylic acids is 2.